The van der Waals surface area contributed by atoms with Gasteiger partial charge in [-0.25, -0.2) is 4.79 Å². The maximum atomic E-state index is 10.2. The molecule has 0 aliphatic heterocycles. The zero-order chi connectivity index (χ0) is 8.69. The number of rotatable bonds is 6. The molecule has 0 rings (SSSR count). The quantitative estimate of drug-likeness (QED) is 0.470. The molecule has 0 unspecified atom stereocenters. The second kappa shape index (κ2) is 5.92. The third-order valence-corrected chi connectivity index (χ3v) is 1.27. The van der Waals surface area contributed by atoms with E-state index in [1.807, 2.05) is 6.92 Å². The zero-order valence-electron chi connectivity index (χ0n) is 6.80. The summed E-state index contributed by atoms with van der Waals surface area (Å²) in [6.07, 6.45) is 1.24. The summed E-state index contributed by atoms with van der Waals surface area (Å²) in [6.45, 7) is 6.60. The molecular weight excluding hydrogens is 144 g/mol. The molecule has 1 N–H and O–H groups in total. The first-order valence-corrected chi connectivity index (χ1v) is 3.67. The molecule has 0 saturated carbocycles. The van der Waals surface area contributed by atoms with Crippen LogP contribution in [0.15, 0.2) is 12.2 Å². The van der Waals surface area contributed by atoms with Crippen molar-refractivity contribution >= 4 is 5.97 Å². The average molecular weight is 158 g/mol. The summed E-state index contributed by atoms with van der Waals surface area (Å²) in [6, 6.07) is 0. The largest absolute Gasteiger partial charge is 0.478 e. The van der Waals surface area contributed by atoms with Crippen LogP contribution in [0, 0.1) is 0 Å². The summed E-state index contributed by atoms with van der Waals surface area (Å²) in [5, 5.41) is 8.40. The molecule has 0 aromatic carbocycles. The standard InChI is InChI=1S/C8H14O3/c1-3-11-6-4-5-7(2)8(9)10/h2-6H2,1H3,(H,9,10). The van der Waals surface area contributed by atoms with Gasteiger partial charge in [0.05, 0.1) is 0 Å². The lowest BCUT2D eigenvalue weighted by Crippen LogP contribution is -2.01. The summed E-state index contributed by atoms with van der Waals surface area (Å²) in [5.41, 5.74) is 0.254. The van der Waals surface area contributed by atoms with Gasteiger partial charge in [-0.15, -0.1) is 0 Å². The van der Waals surface area contributed by atoms with Crippen LogP contribution in [0.3, 0.4) is 0 Å². The Morgan fingerprint density at radius 1 is 1.64 bits per heavy atom. The molecule has 3 nitrogen and oxygen atoms in total. The van der Waals surface area contributed by atoms with Gasteiger partial charge in [-0.05, 0) is 19.8 Å². The fourth-order valence-electron chi connectivity index (χ4n) is 0.639. The van der Waals surface area contributed by atoms with E-state index >= 15 is 0 Å². The summed E-state index contributed by atoms with van der Waals surface area (Å²) in [4.78, 5) is 10.2. The fraction of sp³-hybridized carbons (Fsp3) is 0.625. The monoisotopic (exact) mass is 158 g/mol. The molecule has 0 aliphatic carbocycles. The highest BCUT2D eigenvalue weighted by atomic mass is 16.5. The molecule has 0 atom stereocenters. The van der Waals surface area contributed by atoms with Gasteiger partial charge in [-0.1, -0.05) is 6.58 Å². The molecule has 64 valence electrons. The highest BCUT2D eigenvalue weighted by Crippen LogP contribution is 2.01. The topological polar surface area (TPSA) is 46.5 Å². The first-order chi connectivity index (χ1) is 5.18. The van der Waals surface area contributed by atoms with Crippen LogP contribution in [0.2, 0.25) is 0 Å². The van der Waals surface area contributed by atoms with E-state index in [1.165, 1.54) is 0 Å². The summed E-state index contributed by atoms with van der Waals surface area (Å²) in [7, 11) is 0. The van der Waals surface area contributed by atoms with Crippen molar-refractivity contribution in [1.82, 2.24) is 0 Å². The number of hydrogen-bond acceptors (Lipinski definition) is 2. The third kappa shape index (κ3) is 5.61. The highest BCUT2D eigenvalue weighted by molar-refractivity contribution is 5.85. The van der Waals surface area contributed by atoms with E-state index in [1.54, 1.807) is 0 Å². The van der Waals surface area contributed by atoms with Crippen molar-refractivity contribution in [2.45, 2.75) is 19.8 Å². The molecule has 0 heterocycles. The van der Waals surface area contributed by atoms with Crippen LogP contribution in [-0.2, 0) is 9.53 Å². The first-order valence-electron chi connectivity index (χ1n) is 3.67. The van der Waals surface area contributed by atoms with Gasteiger partial charge >= 0.3 is 5.97 Å². The van der Waals surface area contributed by atoms with Crippen LogP contribution in [0.1, 0.15) is 19.8 Å². The van der Waals surface area contributed by atoms with Crippen LogP contribution in [0.25, 0.3) is 0 Å². The van der Waals surface area contributed by atoms with Gasteiger partial charge in [0.15, 0.2) is 0 Å². The SMILES string of the molecule is C=C(CCCOCC)C(=O)O. The Labute approximate surface area is 66.7 Å². The molecule has 0 fully saturated rings. The zero-order valence-corrected chi connectivity index (χ0v) is 6.80. The first kappa shape index (κ1) is 10.2. The molecule has 0 aliphatic rings. The average Bonchev–Trinajstić information content (AvgIpc) is 1.97. The van der Waals surface area contributed by atoms with Crippen molar-refractivity contribution in [2.24, 2.45) is 0 Å². The molecule has 0 spiro atoms. The van der Waals surface area contributed by atoms with E-state index in [9.17, 15) is 4.79 Å². The van der Waals surface area contributed by atoms with E-state index in [-0.39, 0.29) is 5.57 Å². The Balaban J connectivity index is 3.25. The number of carbonyl (C=O) groups is 1. The smallest absolute Gasteiger partial charge is 0.330 e. The molecule has 11 heavy (non-hydrogen) atoms. The second-order valence-electron chi connectivity index (χ2n) is 2.21. The summed E-state index contributed by atoms with van der Waals surface area (Å²) >= 11 is 0. The lowest BCUT2D eigenvalue weighted by Gasteiger charge is -2.00. The van der Waals surface area contributed by atoms with Crippen LogP contribution >= 0.6 is 0 Å². The number of hydrogen-bond donors (Lipinski definition) is 1. The van der Waals surface area contributed by atoms with Gasteiger partial charge in [0.1, 0.15) is 0 Å². The molecule has 0 bridgehead atoms. The third-order valence-electron chi connectivity index (χ3n) is 1.27. The molecule has 0 saturated heterocycles. The van der Waals surface area contributed by atoms with Gasteiger partial charge in [-0.3, -0.25) is 0 Å². The number of carboxylic acid groups (broad SMARTS) is 1. The van der Waals surface area contributed by atoms with Crippen molar-refractivity contribution in [3.05, 3.63) is 12.2 Å². The normalized spacial score (nSPS) is 9.55. The minimum Gasteiger partial charge on any atom is -0.478 e. The molecule has 0 radical (unpaired) electrons. The molecule has 0 amide bonds. The Morgan fingerprint density at radius 2 is 2.27 bits per heavy atom. The molecule has 3 heteroatoms. The van der Waals surface area contributed by atoms with Gasteiger partial charge in [0.2, 0.25) is 0 Å². The Hall–Kier alpha value is -0.830. The van der Waals surface area contributed by atoms with Gasteiger partial charge in [0, 0.05) is 18.8 Å². The van der Waals surface area contributed by atoms with E-state index in [0.717, 1.165) is 6.42 Å². The maximum Gasteiger partial charge on any atom is 0.330 e. The molecule has 0 aromatic heterocycles. The van der Waals surface area contributed by atoms with Crippen molar-refractivity contribution in [3.63, 3.8) is 0 Å². The maximum absolute atomic E-state index is 10.2. The Morgan fingerprint density at radius 3 is 2.73 bits per heavy atom. The predicted molar refractivity (Wildman–Crippen MR) is 42.5 cm³/mol. The van der Waals surface area contributed by atoms with Crippen LogP contribution in [-0.4, -0.2) is 24.3 Å². The second-order valence-corrected chi connectivity index (χ2v) is 2.21. The lowest BCUT2D eigenvalue weighted by molar-refractivity contribution is -0.132. The van der Waals surface area contributed by atoms with Crippen molar-refractivity contribution in [3.8, 4) is 0 Å². The number of aliphatic carboxylic acids is 1. The molecule has 0 aromatic rings. The van der Waals surface area contributed by atoms with Crippen molar-refractivity contribution in [1.29, 1.82) is 0 Å². The van der Waals surface area contributed by atoms with Crippen LogP contribution in [0.4, 0.5) is 0 Å². The lowest BCUT2D eigenvalue weighted by atomic mass is 10.2. The van der Waals surface area contributed by atoms with E-state index in [4.69, 9.17) is 9.84 Å². The van der Waals surface area contributed by atoms with Crippen molar-refractivity contribution in [2.75, 3.05) is 13.2 Å². The van der Waals surface area contributed by atoms with Crippen molar-refractivity contribution < 1.29 is 14.6 Å². The van der Waals surface area contributed by atoms with E-state index in [2.05, 4.69) is 6.58 Å². The van der Waals surface area contributed by atoms with E-state index in [0.29, 0.717) is 19.6 Å². The van der Waals surface area contributed by atoms with E-state index < -0.39 is 5.97 Å². The molecular formula is C8H14O3. The minimum atomic E-state index is -0.915. The van der Waals surface area contributed by atoms with Gasteiger partial charge < -0.3 is 9.84 Å². The Bertz CT molecular complexity index is 140. The minimum absolute atomic E-state index is 0.254. The number of carboxylic acids is 1. The van der Waals surface area contributed by atoms with Crippen LogP contribution < -0.4 is 0 Å². The van der Waals surface area contributed by atoms with Crippen LogP contribution in [0.5, 0.6) is 0 Å². The predicted octanol–water partition coefficient (Wildman–Crippen LogP) is 1.44. The fourth-order valence-corrected chi connectivity index (χ4v) is 0.639. The van der Waals surface area contributed by atoms with Gasteiger partial charge in [0.25, 0.3) is 0 Å². The Kier molecular flexibility index (Phi) is 5.47. The number of ether oxygens (including phenoxy) is 1. The summed E-state index contributed by atoms with van der Waals surface area (Å²) < 4.78 is 5.03. The summed E-state index contributed by atoms with van der Waals surface area (Å²) in [5.74, 6) is -0.915. The highest BCUT2D eigenvalue weighted by Gasteiger charge is 2.01. The van der Waals surface area contributed by atoms with Gasteiger partial charge in [-0.2, -0.15) is 0 Å².